The minimum atomic E-state index is -0.170. The fraction of sp³-hybridized carbons (Fsp3) is 0.167. The standard InChI is InChI=1S/C18H18BrN5O/c1-23(2)17-13(4-3-9-20-17)10-21-18(25)14-11-22-24(12-14)16-7-5-15(19)6-8-16/h3-9,11-12H,10H2,1-2H3,(H,21,25). The normalized spacial score (nSPS) is 10.5. The van der Waals surface area contributed by atoms with Crippen molar-refractivity contribution in [2.75, 3.05) is 19.0 Å². The van der Waals surface area contributed by atoms with Gasteiger partial charge in [0.2, 0.25) is 0 Å². The fourth-order valence-electron chi connectivity index (χ4n) is 2.42. The average molecular weight is 400 g/mol. The van der Waals surface area contributed by atoms with Gasteiger partial charge in [-0.05, 0) is 30.3 Å². The predicted molar refractivity (Wildman–Crippen MR) is 101 cm³/mol. The summed E-state index contributed by atoms with van der Waals surface area (Å²) in [6.45, 7) is 0.406. The number of halogens is 1. The van der Waals surface area contributed by atoms with Crippen LogP contribution in [0.3, 0.4) is 0 Å². The molecule has 1 amide bonds. The molecule has 0 spiro atoms. The summed E-state index contributed by atoms with van der Waals surface area (Å²) in [6.07, 6.45) is 5.02. The van der Waals surface area contributed by atoms with Crippen molar-refractivity contribution in [3.8, 4) is 5.69 Å². The van der Waals surface area contributed by atoms with E-state index in [9.17, 15) is 4.79 Å². The van der Waals surface area contributed by atoms with Gasteiger partial charge in [-0.25, -0.2) is 9.67 Å². The van der Waals surface area contributed by atoms with Gasteiger partial charge in [0, 0.05) is 43.1 Å². The van der Waals surface area contributed by atoms with Crippen LogP contribution in [0.4, 0.5) is 5.82 Å². The molecule has 3 rings (SSSR count). The molecular weight excluding hydrogens is 382 g/mol. The van der Waals surface area contributed by atoms with Crippen molar-refractivity contribution >= 4 is 27.7 Å². The van der Waals surface area contributed by atoms with Crippen LogP contribution in [0.5, 0.6) is 0 Å². The Kier molecular flexibility index (Phi) is 5.14. The lowest BCUT2D eigenvalue weighted by atomic mass is 10.2. The highest BCUT2D eigenvalue weighted by atomic mass is 79.9. The molecule has 128 valence electrons. The molecule has 1 aromatic carbocycles. The van der Waals surface area contributed by atoms with Crippen LogP contribution in [0.25, 0.3) is 5.69 Å². The van der Waals surface area contributed by atoms with Crippen LogP contribution in [-0.4, -0.2) is 34.8 Å². The molecule has 0 saturated heterocycles. The second-order valence-electron chi connectivity index (χ2n) is 5.71. The van der Waals surface area contributed by atoms with E-state index in [4.69, 9.17) is 0 Å². The molecular formula is C18H18BrN5O. The minimum Gasteiger partial charge on any atom is -0.362 e. The van der Waals surface area contributed by atoms with E-state index in [2.05, 4.69) is 31.3 Å². The molecule has 1 N–H and O–H groups in total. The Bertz CT molecular complexity index is 873. The van der Waals surface area contributed by atoms with Crippen LogP contribution in [0, 0.1) is 0 Å². The smallest absolute Gasteiger partial charge is 0.254 e. The maximum atomic E-state index is 12.4. The number of anilines is 1. The third kappa shape index (κ3) is 4.06. The number of pyridine rings is 1. The Hall–Kier alpha value is -2.67. The SMILES string of the molecule is CN(C)c1ncccc1CNC(=O)c1cnn(-c2ccc(Br)cc2)c1. The van der Waals surface area contributed by atoms with Gasteiger partial charge >= 0.3 is 0 Å². The Morgan fingerprint density at radius 2 is 2.00 bits per heavy atom. The number of nitrogens with one attached hydrogen (secondary N) is 1. The average Bonchev–Trinajstić information content (AvgIpc) is 3.10. The number of amides is 1. The van der Waals surface area contributed by atoms with Gasteiger partial charge in [0.25, 0.3) is 5.91 Å². The van der Waals surface area contributed by atoms with Crippen LogP contribution >= 0.6 is 15.9 Å². The molecule has 7 heteroatoms. The second-order valence-corrected chi connectivity index (χ2v) is 6.63. The zero-order valence-corrected chi connectivity index (χ0v) is 15.6. The summed E-state index contributed by atoms with van der Waals surface area (Å²) in [5.41, 5.74) is 2.36. The lowest BCUT2D eigenvalue weighted by molar-refractivity contribution is 0.0951. The lowest BCUT2D eigenvalue weighted by Crippen LogP contribution is -2.24. The van der Waals surface area contributed by atoms with Gasteiger partial charge < -0.3 is 10.2 Å². The third-order valence-corrected chi connectivity index (χ3v) is 4.20. The largest absolute Gasteiger partial charge is 0.362 e. The zero-order chi connectivity index (χ0) is 17.8. The van der Waals surface area contributed by atoms with Crippen LogP contribution in [0.1, 0.15) is 15.9 Å². The summed E-state index contributed by atoms with van der Waals surface area (Å²) in [5, 5.41) is 7.18. The molecule has 0 aliphatic rings. The highest BCUT2D eigenvalue weighted by Gasteiger charge is 2.11. The quantitative estimate of drug-likeness (QED) is 0.715. The predicted octanol–water partition coefficient (Wildman–Crippen LogP) is 3.03. The van der Waals surface area contributed by atoms with Gasteiger partial charge in [0.1, 0.15) is 5.82 Å². The van der Waals surface area contributed by atoms with Gasteiger partial charge in [-0.15, -0.1) is 0 Å². The van der Waals surface area contributed by atoms with E-state index in [1.165, 1.54) is 0 Å². The van der Waals surface area contributed by atoms with Crippen LogP contribution < -0.4 is 10.2 Å². The molecule has 25 heavy (non-hydrogen) atoms. The molecule has 0 saturated carbocycles. The third-order valence-electron chi connectivity index (χ3n) is 3.67. The van der Waals surface area contributed by atoms with Crippen molar-refractivity contribution < 1.29 is 4.79 Å². The van der Waals surface area contributed by atoms with Crippen LogP contribution in [-0.2, 0) is 6.54 Å². The summed E-state index contributed by atoms with van der Waals surface area (Å²) in [6, 6.07) is 11.5. The van der Waals surface area contributed by atoms with Crippen molar-refractivity contribution in [1.29, 1.82) is 0 Å². The number of carbonyl (C=O) groups excluding carboxylic acids is 1. The maximum Gasteiger partial charge on any atom is 0.254 e. The zero-order valence-electron chi connectivity index (χ0n) is 14.0. The first-order chi connectivity index (χ1) is 12.0. The molecule has 0 aliphatic carbocycles. The topological polar surface area (TPSA) is 63.1 Å². The molecule has 0 unspecified atom stereocenters. The molecule has 2 heterocycles. The molecule has 0 atom stereocenters. The Balaban J connectivity index is 1.69. The molecule has 0 fully saturated rings. The fourth-order valence-corrected chi connectivity index (χ4v) is 2.69. The number of aromatic nitrogens is 3. The minimum absolute atomic E-state index is 0.170. The first kappa shape index (κ1) is 17.2. The highest BCUT2D eigenvalue weighted by molar-refractivity contribution is 9.10. The number of rotatable bonds is 5. The first-order valence-corrected chi connectivity index (χ1v) is 8.54. The van der Waals surface area contributed by atoms with Crippen molar-refractivity contribution in [3.05, 3.63) is 70.6 Å². The van der Waals surface area contributed by atoms with Crippen molar-refractivity contribution in [2.24, 2.45) is 0 Å². The summed E-state index contributed by atoms with van der Waals surface area (Å²) in [7, 11) is 3.85. The first-order valence-electron chi connectivity index (χ1n) is 7.74. The molecule has 6 nitrogen and oxygen atoms in total. The van der Waals surface area contributed by atoms with E-state index in [1.807, 2.05) is 55.4 Å². The van der Waals surface area contributed by atoms with Gasteiger partial charge in [-0.3, -0.25) is 4.79 Å². The molecule has 3 aromatic rings. The number of hydrogen-bond acceptors (Lipinski definition) is 4. The van der Waals surface area contributed by atoms with Crippen LogP contribution in [0.15, 0.2) is 59.5 Å². The van der Waals surface area contributed by atoms with E-state index >= 15 is 0 Å². The number of carbonyl (C=O) groups is 1. The van der Waals surface area contributed by atoms with Crippen molar-refractivity contribution in [1.82, 2.24) is 20.1 Å². The monoisotopic (exact) mass is 399 g/mol. The lowest BCUT2D eigenvalue weighted by Gasteiger charge is -2.15. The molecule has 0 bridgehead atoms. The molecule has 0 radical (unpaired) electrons. The van der Waals surface area contributed by atoms with Crippen LogP contribution in [0.2, 0.25) is 0 Å². The van der Waals surface area contributed by atoms with Crippen molar-refractivity contribution in [2.45, 2.75) is 6.54 Å². The summed E-state index contributed by atoms with van der Waals surface area (Å²) in [4.78, 5) is 18.6. The van der Waals surface area contributed by atoms with E-state index in [-0.39, 0.29) is 5.91 Å². The summed E-state index contributed by atoms with van der Waals surface area (Å²) in [5.74, 6) is 0.672. The maximum absolute atomic E-state index is 12.4. The van der Waals surface area contributed by atoms with Gasteiger partial charge in [-0.1, -0.05) is 22.0 Å². The van der Waals surface area contributed by atoms with E-state index in [0.29, 0.717) is 12.1 Å². The number of hydrogen-bond donors (Lipinski definition) is 1. The van der Waals surface area contributed by atoms with Crippen molar-refractivity contribution in [3.63, 3.8) is 0 Å². The Labute approximate surface area is 154 Å². The number of benzene rings is 1. The van der Waals surface area contributed by atoms with Gasteiger partial charge in [-0.2, -0.15) is 5.10 Å². The van der Waals surface area contributed by atoms with Gasteiger partial charge in [0.05, 0.1) is 17.4 Å². The summed E-state index contributed by atoms with van der Waals surface area (Å²) < 4.78 is 2.67. The Morgan fingerprint density at radius 1 is 1.24 bits per heavy atom. The summed E-state index contributed by atoms with van der Waals surface area (Å²) >= 11 is 3.40. The molecule has 2 aromatic heterocycles. The van der Waals surface area contributed by atoms with E-state index in [1.54, 1.807) is 23.3 Å². The number of nitrogens with zero attached hydrogens (tertiary/aromatic N) is 4. The van der Waals surface area contributed by atoms with Gasteiger partial charge in [0.15, 0.2) is 0 Å². The Morgan fingerprint density at radius 3 is 2.72 bits per heavy atom. The highest BCUT2D eigenvalue weighted by Crippen LogP contribution is 2.15. The van der Waals surface area contributed by atoms with E-state index < -0.39 is 0 Å². The molecule has 0 aliphatic heterocycles. The van der Waals surface area contributed by atoms with E-state index in [0.717, 1.165) is 21.5 Å². The second kappa shape index (κ2) is 7.48.